The number of ether oxygens (including phenoxy) is 3. The summed E-state index contributed by atoms with van der Waals surface area (Å²) in [4.78, 5) is 16.9. The van der Waals surface area contributed by atoms with Gasteiger partial charge in [0.1, 0.15) is 6.10 Å². The lowest BCUT2D eigenvalue weighted by Crippen LogP contribution is -2.61. The molecule has 7 heteroatoms. The Hall–Kier alpha value is -1.44. The molecule has 1 aliphatic carbocycles. The third-order valence-corrected chi connectivity index (χ3v) is 4.52. The predicted molar refractivity (Wildman–Crippen MR) is 96.1 cm³/mol. The summed E-state index contributed by atoms with van der Waals surface area (Å²) in [6.07, 6.45) is 9.02. The van der Waals surface area contributed by atoms with E-state index >= 15 is 0 Å². The van der Waals surface area contributed by atoms with Crippen LogP contribution in [0.15, 0.2) is 17.1 Å². The van der Waals surface area contributed by atoms with E-state index < -0.39 is 17.8 Å². The summed E-state index contributed by atoms with van der Waals surface area (Å²) in [5, 5.41) is 0. The quantitative estimate of drug-likeness (QED) is 0.312. The molecule has 1 atom stereocenters. The summed E-state index contributed by atoms with van der Waals surface area (Å²) in [6, 6.07) is 0. The Balaban J connectivity index is 2.01. The standard InChI is InChI=1S/C18H31N3O4/c1-14(19)21-11-6-5-10-18(20,17-23-12-7-13-24-17)16(22)25-15-8-3-2-4-9-15/h5-6,15,17H,2-4,7-13,20H2,1H3,(H2,19,21)/b6-5+. The summed E-state index contributed by atoms with van der Waals surface area (Å²) in [5.41, 5.74) is 10.6. The maximum Gasteiger partial charge on any atom is 0.332 e. The molecule has 0 aromatic rings. The average molecular weight is 353 g/mol. The Morgan fingerprint density at radius 3 is 2.52 bits per heavy atom. The molecule has 1 saturated carbocycles. The number of amidine groups is 1. The Morgan fingerprint density at radius 2 is 1.88 bits per heavy atom. The Kier molecular flexibility index (Phi) is 7.87. The van der Waals surface area contributed by atoms with Crippen molar-refractivity contribution in [1.82, 2.24) is 0 Å². The van der Waals surface area contributed by atoms with E-state index in [1.807, 2.05) is 12.2 Å². The van der Waals surface area contributed by atoms with Crippen molar-refractivity contribution in [3.05, 3.63) is 12.2 Å². The van der Waals surface area contributed by atoms with E-state index in [0.29, 0.717) is 25.6 Å². The largest absolute Gasteiger partial charge is 0.461 e. The maximum absolute atomic E-state index is 12.8. The fourth-order valence-electron chi connectivity index (χ4n) is 3.05. The third-order valence-electron chi connectivity index (χ3n) is 4.52. The zero-order valence-electron chi connectivity index (χ0n) is 15.1. The molecule has 0 spiro atoms. The molecule has 25 heavy (non-hydrogen) atoms. The molecule has 4 N–H and O–H groups in total. The normalized spacial score (nSPS) is 23.5. The van der Waals surface area contributed by atoms with E-state index in [2.05, 4.69) is 4.99 Å². The SMILES string of the molecule is CC(N)=NC/C=C/CC(N)(C(=O)OC1CCCCC1)C1OCCCO1. The second-order valence-corrected chi connectivity index (χ2v) is 6.79. The van der Waals surface area contributed by atoms with Gasteiger partial charge in [-0.25, -0.2) is 4.79 Å². The highest BCUT2D eigenvalue weighted by molar-refractivity contribution is 5.81. The third kappa shape index (κ3) is 6.09. The maximum atomic E-state index is 12.8. The fraction of sp³-hybridized carbons (Fsp3) is 0.778. The van der Waals surface area contributed by atoms with E-state index in [-0.39, 0.29) is 12.5 Å². The molecular formula is C18H31N3O4. The van der Waals surface area contributed by atoms with Gasteiger partial charge in [0, 0.05) is 0 Å². The van der Waals surface area contributed by atoms with Crippen molar-refractivity contribution >= 4 is 11.8 Å². The molecule has 0 aromatic heterocycles. The first-order valence-electron chi connectivity index (χ1n) is 9.17. The Bertz CT molecular complexity index is 479. The summed E-state index contributed by atoms with van der Waals surface area (Å²) in [6.45, 7) is 3.23. The summed E-state index contributed by atoms with van der Waals surface area (Å²) >= 11 is 0. The molecule has 1 aliphatic heterocycles. The molecule has 1 unspecified atom stereocenters. The Morgan fingerprint density at radius 1 is 1.20 bits per heavy atom. The van der Waals surface area contributed by atoms with Crippen LogP contribution in [-0.2, 0) is 19.0 Å². The van der Waals surface area contributed by atoms with Crippen LogP contribution in [0.3, 0.4) is 0 Å². The van der Waals surface area contributed by atoms with Gasteiger partial charge in [-0.1, -0.05) is 18.6 Å². The van der Waals surface area contributed by atoms with Crippen LogP contribution in [0, 0.1) is 0 Å². The lowest BCUT2D eigenvalue weighted by molar-refractivity contribution is -0.222. The van der Waals surface area contributed by atoms with E-state index in [0.717, 1.165) is 32.1 Å². The average Bonchev–Trinajstić information content (AvgIpc) is 2.62. The second-order valence-electron chi connectivity index (χ2n) is 6.79. The number of aliphatic imine (C=N–C) groups is 1. The summed E-state index contributed by atoms with van der Waals surface area (Å²) in [5.74, 6) is 0.0637. The van der Waals surface area contributed by atoms with Gasteiger partial charge in [-0.2, -0.15) is 0 Å². The van der Waals surface area contributed by atoms with Crippen molar-refractivity contribution in [1.29, 1.82) is 0 Å². The van der Waals surface area contributed by atoms with Gasteiger partial charge >= 0.3 is 5.97 Å². The molecule has 0 radical (unpaired) electrons. The first kappa shape index (κ1) is 19.9. The number of hydrogen-bond donors (Lipinski definition) is 2. The van der Waals surface area contributed by atoms with Gasteiger partial charge in [0.2, 0.25) is 0 Å². The van der Waals surface area contributed by atoms with Crippen molar-refractivity contribution in [3.63, 3.8) is 0 Å². The Labute approximate surface area is 149 Å². The number of rotatable bonds is 7. The molecular weight excluding hydrogens is 322 g/mol. The highest BCUT2D eigenvalue weighted by Crippen LogP contribution is 2.26. The van der Waals surface area contributed by atoms with Gasteiger partial charge in [-0.05, 0) is 45.4 Å². The van der Waals surface area contributed by atoms with Crippen LogP contribution in [0.2, 0.25) is 0 Å². The van der Waals surface area contributed by atoms with Gasteiger partial charge in [0.05, 0.1) is 25.6 Å². The van der Waals surface area contributed by atoms with E-state index in [1.165, 1.54) is 6.42 Å². The van der Waals surface area contributed by atoms with Gasteiger partial charge in [-0.15, -0.1) is 0 Å². The number of hydrogen-bond acceptors (Lipinski definition) is 6. The fourth-order valence-corrected chi connectivity index (χ4v) is 3.05. The number of carbonyl (C=O) groups is 1. The van der Waals surface area contributed by atoms with Crippen LogP contribution in [0.4, 0.5) is 0 Å². The number of carbonyl (C=O) groups excluding carboxylic acids is 1. The number of nitrogens with two attached hydrogens (primary N) is 2. The lowest BCUT2D eigenvalue weighted by atomic mass is 9.93. The molecule has 142 valence electrons. The van der Waals surface area contributed by atoms with Crippen molar-refractivity contribution in [2.45, 2.75) is 69.8 Å². The highest BCUT2D eigenvalue weighted by Gasteiger charge is 2.46. The van der Waals surface area contributed by atoms with Gasteiger partial charge in [0.15, 0.2) is 11.8 Å². The van der Waals surface area contributed by atoms with Crippen molar-refractivity contribution in [2.24, 2.45) is 16.5 Å². The monoisotopic (exact) mass is 353 g/mol. The topological polar surface area (TPSA) is 109 Å². The molecule has 1 saturated heterocycles. The van der Waals surface area contributed by atoms with Crippen LogP contribution in [0.5, 0.6) is 0 Å². The molecule has 0 bridgehead atoms. The zero-order valence-corrected chi connectivity index (χ0v) is 15.1. The molecule has 0 amide bonds. The number of nitrogens with zero attached hydrogens (tertiary/aromatic N) is 1. The lowest BCUT2D eigenvalue weighted by Gasteiger charge is -2.37. The van der Waals surface area contributed by atoms with E-state index in [4.69, 9.17) is 25.7 Å². The predicted octanol–water partition coefficient (Wildman–Crippen LogP) is 1.65. The molecule has 2 fully saturated rings. The zero-order chi connectivity index (χ0) is 18.1. The highest BCUT2D eigenvalue weighted by atomic mass is 16.7. The van der Waals surface area contributed by atoms with Gasteiger partial charge in [-0.3, -0.25) is 4.99 Å². The van der Waals surface area contributed by atoms with E-state index in [1.54, 1.807) is 6.92 Å². The summed E-state index contributed by atoms with van der Waals surface area (Å²) in [7, 11) is 0. The summed E-state index contributed by atoms with van der Waals surface area (Å²) < 4.78 is 16.9. The smallest absolute Gasteiger partial charge is 0.332 e. The first-order chi connectivity index (χ1) is 12.0. The molecule has 7 nitrogen and oxygen atoms in total. The minimum atomic E-state index is -1.35. The van der Waals surface area contributed by atoms with Crippen molar-refractivity contribution < 1.29 is 19.0 Å². The van der Waals surface area contributed by atoms with Crippen LogP contribution >= 0.6 is 0 Å². The van der Waals surface area contributed by atoms with Gasteiger partial charge < -0.3 is 25.7 Å². The van der Waals surface area contributed by atoms with Crippen LogP contribution in [-0.4, -0.2) is 49.5 Å². The van der Waals surface area contributed by atoms with Gasteiger partial charge in [0.25, 0.3) is 0 Å². The second kappa shape index (κ2) is 9.89. The van der Waals surface area contributed by atoms with Crippen molar-refractivity contribution in [3.8, 4) is 0 Å². The molecule has 2 rings (SSSR count). The van der Waals surface area contributed by atoms with Crippen molar-refractivity contribution in [2.75, 3.05) is 19.8 Å². The molecule has 2 aliphatic rings. The minimum Gasteiger partial charge on any atom is -0.461 e. The van der Waals surface area contributed by atoms with E-state index in [9.17, 15) is 4.79 Å². The van der Waals surface area contributed by atoms with Crippen LogP contribution in [0.1, 0.15) is 51.9 Å². The number of esters is 1. The molecule has 1 heterocycles. The first-order valence-corrected chi connectivity index (χ1v) is 9.17. The molecule has 0 aromatic carbocycles. The van der Waals surface area contributed by atoms with Crippen LogP contribution < -0.4 is 11.5 Å². The van der Waals surface area contributed by atoms with Crippen LogP contribution in [0.25, 0.3) is 0 Å². The minimum absolute atomic E-state index is 0.0544.